The number of aryl methyl sites for hydroxylation is 2. The van der Waals surface area contributed by atoms with Crippen LogP contribution in [0.2, 0.25) is 10.0 Å². The third-order valence-electron chi connectivity index (χ3n) is 3.43. The first kappa shape index (κ1) is 15.4. The van der Waals surface area contributed by atoms with Gasteiger partial charge < -0.3 is 5.11 Å². The molecular weight excluding hydrogens is 295 g/mol. The van der Waals surface area contributed by atoms with Crippen LogP contribution in [0.1, 0.15) is 30.8 Å². The zero-order valence-corrected chi connectivity index (χ0v) is 13.3. The molecule has 0 spiro atoms. The number of hydrogen-bond donors (Lipinski definition) is 1. The summed E-state index contributed by atoms with van der Waals surface area (Å²) in [4.78, 5) is 0. The van der Waals surface area contributed by atoms with Gasteiger partial charge in [0, 0.05) is 18.0 Å². The van der Waals surface area contributed by atoms with Gasteiger partial charge in [0.05, 0.1) is 22.0 Å². The number of aliphatic hydroxyl groups is 1. The predicted octanol–water partition coefficient (Wildman–Crippen LogP) is 3.97. The molecule has 0 aliphatic heterocycles. The number of nitrogens with zero attached hydrogens (tertiary/aromatic N) is 2. The van der Waals surface area contributed by atoms with E-state index >= 15 is 0 Å². The van der Waals surface area contributed by atoms with E-state index < -0.39 is 5.60 Å². The Balaban J connectivity index is 2.35. The maximum Gasteiger partial charge on any atom is 0.0924 e. The lowest BCUT2D eigenvalue weighted by Crippen LogP contribution is -2.26. The molecule has 2 rings (SSSR count). The standard InChI is InChI=1S/C15H18Cl2N2O/c1-4-19-13(14(17)10(2)18-19)9-15(3,20)11-5-7-12(16)8-6-11/h5-8,20H,4,9H2,1-3H3. The highest BCUT2D eigenvalue weighted by Crippen LogP contribution is 2.30. The molecule has 0 saturated carbocycles. The van der Waals surface area contributed by atoms with E-state index in [1.54, 1.807) is 19.1 Å². The first-order valence-electron chi connectivity index (χ1n) is 6.55. The van der Waals surface area contributed by atoms with E-state index in [0.29, 0.717) is 16.5 Å². The molecule has 0 radical (unpaired) electrons. The van der Waals surface area contributed by atoms with Crippen LogP contribution >= 0.6 is 23.2 Å². The normalized spacial score (nSPS) is 14.3. The van der Waals surface area contributed by atoms with Crippen molar-refractivity contribution >= 4 is 23.2 Å². The highest BCUT2D eigenvalue weighted by atomic mass is 35.5. The van der Waals surface area contributed by atoms with Gasteiger partial charge in [0.25, 0.3) is 0 Å². The van der Waals surface area contributed by atoms with Crippen LogP contribution in [-0.4, -0.2) is 14.9 Å². The van der Waals surface area contributed by atoms with Crippen LogP contribution in [-0.2, 0) is 18.6 Å². The van der Waals surface area contributed by atoms with Gasteiger partial charge >= 0.3 is 0 Å². The molecule has 0 aliphatic carbocycles. The van der Waals surface area contributed by atoms with Gasteiger partial charge in [-0.05, 0) is 38.5 Å². The lowest BCUT2D eigenvalue weighted by Gasteiger charge is -2.24. The van der Waals surface area contributed by atoms with Crippen molar-refractivity contribution in [2.75, 3.05) is 0 Å². The van der Waals surface area contributed by atoms with E-state index in [0.717, 1.165) is 23.5 Å². The second-order valence-electron chi connectivity index (χ2n) is 5.12. The van der Waals surface area contributed by atoms with Crippen LogP contribution in [0.4, 0.5) is 0 Å². The van der Waals surface area contributed by atoms with Gasteiger partial charge in [-0.2, -0.15) is 5.10 Å². The van der Waals surface area contributed by atoms with Crippen molar-refractivity contribution in [1.29, 1.82) is 0 Å². The molecule has 108 valence electrons. The molecule has 0 fully saturated rings. The Morgan fingerprint density at radius 1 is 1.25 bits per heavy atom. The quantitative estimate of drug-likeness (QED) is 0.927. The molecule has 20 heavy (non-hydrogen) atoms. The van der Waals surface area contributed by atoms with Gasteiger partial charge in [0.1, 0.15) is 0 Å². The number of aromatic nitrogens is 2. The smallest absolute Gasteiger partial charge is 0.0924 e. The third-order valence-corrected chi connectivity index (χ3v) is 4.17. The summed E-state index contributed by atoms with van der Waals surface area (Å²) in [5.41, 5.74) is 1.43. The van der Waals surface area contributed by atoms with Crippen molar-refractivity contribution in [3.05, 3.63) is 51.3 Å². The summed E-state index contributed by atoms with van der Waals surface area (Å²) in [6, 6.07) is 7.20. The van der Waals surface area contributed by atoms with Gasteiger partial charge in [-0.1, -0.05) is 35.3 Å². The second-order valence-corrected chi connectivity index (χ2v) is 5.93. The molecule has 5 heteroatoms. The van der Waals surface area contributed by atoms with E-state index in [-0.39, 0.29) is 0 Å². The van der Waals surface area contributed by atoms with E-state index in [9.17, 15) is 5.11 Å². The average Bonchev–Trinajstić information content (AvgIpc) is 2.66. The Kier molecular flexibility index (Phi) is 4.43. The summed E-state index contributed by atoms with van der Waals surface area (Å²) in [5.74, 6) is 0. The molecule has 1 aromatic heterocycles. The molecule has 1 atom stereocenters. The molecule has 3 nitrogen and oxygen atoms in total. The summed E-state index contributed by atoms with van der Waals surface area (Å²) in [6.45, 7) is 6.37. The third kappa shape index (κ3) is 3.00. The predicted molar refractivity (Wildman–Crippen MR) is 82.4 cm³/mol. The Hall–Kier alpha value is -1.03. The fourth-order valence-corrected chi connectivity index (χ4v) is 2.60. The van der Waals surface area contributed by atoms with E-state index in [4.69, 9.17) is 23.2 Å². The molecule has 1 unspecified atom stereocenters. The molecular formula is C15H18Cl2N2O. The number of benzene rings is 1. The lowest BCUT2D eigenvalue weighted by molar-refractivity contribution is 0.0554. The molecule has 2 aromatic rings. The number of halogens is 2. The van der Waals surface area contributed by atoms with Crippen LogP contribution in [0.15, 0.2) is 24.3 Å². The van der Waals surface area contributed by atoms with Gasteiger partial charge in [0.15, 0.2) is 0 Å². The highest BCUT2D eigenvalue weighted by Gasteiger charge is 2.27. The van der Waals surface area contributed by atoms with Crippen LogP contribution < -0.4 is 0 Å². The monoisotopic (exact) mass is 312 g/mol. The summed E-state index contributed by atoms with van der Waals surface area (Å²) in [5, 5.41) is 16.4. The Morgan fingerprint density at radius 2 is 1.85 bits per heavy atom. The Bertz CT molecular complexity index is 603. The molecule has 0 saturated heterocycles. The zero-order chi connectivity index (χ0) is 14.9. The minimum Gasteiger partial charge on any atom is -0.385 e. The maximum atomic E-state index is 10.7. The minimum absolute atomic E-state index is 0.405. The second kappa shape index (κ2) is 5.76. The van der Waals surface area contributed by atoms with Crippen LogP contribution in [0, 0.1) is 6.92 Å². The summed E-state index contributed by atoms with van der Waals surface area (Å²) in [6.07, 6.45) is 0.405. The Labute approximate surface area is 129 Å². The molecule has 0 bridgehead atoms. The van der Waals surface area contributed by atoms with Crippen molar-refractivity contribution in [3.8, 4) is 0 Å². The minimum atomic E-state index is -1.02. The van der Waals surface area contributed by atoms with Gasteiger partial charge in [-0.15, -0.1) is 0 Å². The average molecular weight is 313 g/mol. The van der Waals surface area contributed by atoms with E-state index in [1.165, 1.54) is 0 Å². The molecule has 0 amide bonds. The molecule has 0 aliphatic rings. The fraction of sp³-hybridized carbons (Fsp3) is 0.400. The van der Waals surface area contributed by atoms with Crippen molar-refractivity contribution < 1.29 is 5.11 Å². The van der Waals surface area contributed by atoms with Crippen molar-refractivity contribution in [3.63, 3.8) is 0 Å². The fourth-order valence-electron chi connectivity index (χ4n) is 2.27. The van der Waals surface area contributed by atoms with Crippen LogP contribution in [0.5, 0.6) is 0 Å². The molecule has 1 N–H and O–H groups in total. The Morgan fingerprint density at radius 3 is 2.40 bits per heavy atom. The highest BCUT2D eigenvalue weighted by molar-refractivity contribution is 6.31. The summed E-state index contributed by atoms with van der Waals surface area (Å²) < 4.78 is 1.84. The first-order valence-corrected chi connectivity index (χ1v) is 7.31. The molecule has 1 heterocycles. The zero-order valence-electron chi connectivity index (χ0n) is 11.8. The largest absolute Gasteiger partial charge is 0.385 e. The van der Waals surface area contributed by atoms with Crippen molar-refractivity contribution in [2.24, 2.45) is 0 Å². The lowest BCUT2D eigenvalue weighted by atomic mass is 9.91. The van der Waals surface area contributed by atoms with E-state index in [1.807, 2.05) is 30.7 Å². The first-order chi connectivity index (χ1) is 9.35. The number of rotatable bonds is 4. The summed E-state index contributed by atoms with van der Waals surface area (Å²) in [7, 11) is 0. The van der Waals surface area contributed by atoms with Gasteiger partial charge in [-0.3, -0.25) is 4.68 Å². The number of hydrogen-bond acceptors (Lipinski definition) is 2. The van der Waals surface area contributed by atoms with Crippen LogP contribution in [0.25, 0.3) is 0 Å². The van der Waals surface area contributed by atoms with Crippen molar-refractivity contribution in [1.82, 2.24) is 9.78 Å². The topological polar surface area (TPSA) is 38.0 Å². The van der Waals surface area contributed by atoms with E-state index in [2.05, 4.69) is 5.10 Å². The van der Waals surface area contributed by atoms with Gasteiger partial charge in [0.2, 0.25) is 0 Å². The summed E-state index contributed by atoms with van der Waals surface area (Å²) >= 11 is 12.2. The molecule has 1 aromatic carbocycles. The van der Waals surface area contributed by atoms with Gasteiger partial charge in [-0.25, -0.2) is 0 Å². The maximum absolute atomic E-state index is 10.7. The SMILES string of the molecule is CCn1nc(C)c(Cl)c1CC(C)(O)c1ccc(Cl)cc1. The van der Waals surface area contributed by atoms with Crippen LogP contribution in [0.3, 0.4) is 0 Å². The van der Waals surface area contributed by atoms with Crippen molar-refractivity contribution in [2.45, 2.75) is 39.3 Å².